The van der Waals surface area contributed by atoms with Gasteiger partial charge in [-0.25, -0.2) is 14.6 Å². The fourth-order valence-electron chi connectivity index (χ4n) is 4.23. The van der Waals surface area contributed by atoms with Crippen molar-refractivity contribution in [3.8, 4) is 28.2 Å². The molecule has 202 valence electrons. The summed E-state index contributed by atoms with van der Waals surface area (Å²) in [6.45, 7) is 1.69. The van der Waals surface area contributed by atoms with Crippen LogP contribution in [-0.2, 0) is 13.2 Å². The van der Waals surface area contributed by atoms with Gasteiger partial charge in [-0.15, -0.1) is 0 Å². The quantitative estimate of drug-likeness (QED) is 0.326. The number of nitrogens with two attached hydrogens (primary N) is 1. The van der Waals surface area contributed by atoms with E-state index in [1.165, 1.54) is 16.9 Å². The molecule has 0 atom stereocenters. The minimum absolute atomic E-state index is 0.00817. The van der Waals surface area contributed by atoms with Gasteiger partial charge in [0.05, 0.1) is 23.3 Å². The van der Waals surface area contributed by atoms with Crippen molar-refractivity contribution in [1.29, 1.82) is 0 Å². The predicted octanol–water partition coefficient (Wildman–Crippen LogP) is 4.86. The number of hydrogen-bond donors (Lipinski definition) is 2. The van der Waals surface area contributed by atoms with Crippen LogP contribution in [0.4, 0.5) is 24.7 Å². The molecule has 0 unspecified atom stereocenters. The van der Waals surface area contributed by atoms with Crippen LogP contribution in [0.5, 0.6) is 0 Å². The van der Waals surface area contributed by atoms with Gasteiger partial charge >= 0.3 is 6.18 Å². The molecule has 3 heterocycles. The van der Waals surface area contributed by atoms with Crippen molar-refractivity contribution < 1.29 is 18.0 Å². The van der Waals surface area contributed by atoms with Gasteiger partial charge < -0.3 is 11.1 Å². The molecule has 0 radical (unpaired) electrons. The molecule has 3 aromatic heterocycles. The lowest BCUT2D eigenvalue weighted by molar-refractivity contribution is -0.141. The first-order valence-corrected chi connectivity index (χ1v) is 12.0. The summed E-state index contributed by atoms with van der Waals surface area (Å²) in [5.41, 5.74) is 7.20. The molecule has 3 N–H and O–H groups in total. The molecule has 0 saturated heterocycles. The smallest absolute Gasteiger partial charge is 0.382 e. The van der Waals surface area contributed by atoms with Crippen LogP contribution in [-0.4, -0.2) is 30.2 Å². The zero-order valence-electron chi connectivity index (χ0n) is 21.3. The van der Waals surface area contributed by atoms with Gasteiger partial charge in [-0.3, -0.25) is 19.3 Å². The molecule has 0 bridgehead atoms. The number of pyridine rings is 1. The maximum Gasteiger partial charge on any atom is 0.433 e. The van der Waals surface area contributed by atoms with E-state index in [1.807, 2.05) is 6.07 Å². The Morgan fingerprint density at radius 2 is 1.68 bits per heavy atom. The Morgan fingerprint density at radius 1 is 0.975 bits per heavy atom. The van der Waals surface area contributed by atoms with Crippen LogP contribution in [0, 0.1) is 6.92 Å². The van der Waals surface area contributed by atoms with Crippen molar-refractivity contribution in [3.05, 3.63) is 106 Å². The summed E-state index contributed by atoms with van der Waals surface area (Å²) in [5.74, 6) is -0.494. The van der Waals surface area contributed by atoms with E-state index in [2.05, 4.69) is 20.3 Å². The van der Waals surface area contributed by atoms with Crippen LogP contribution in [0.1, 0.15) is 21.7 Å². The highest BCUT2D eigenvalue weighted by Gasteiger charge is 2.32. The minimum atomic E-state index is -4.60. The standard InChI is InChI=1S/C28H22F3N7O2/c1-16-23(27(40)38(37(16)2)20-6-4-3-5-7-20)26(39)35-19-10-8-17(9-11-19)24-25(32)34-15-21(36-24)18-12-13-33-22(14-18)28(29,30)31/h3-15H,1-2H3,(H2,32,34)(H,35,39). The Hall–Kier alpha value is -5.26. The van der Waals surface area contributed by atoms with Gasteiger partial charge in [0.25, 0.3) is 11.5 Å². The first-order valence-electron chi connectivity index (χ1n) is 12.0. The number of alkyl halides is 3. The van der Waals surface area contributed by atoms with Crippen molar-refractivity contribution >= 4 is 17.4 Å². The number of halogens is 3. The van der Waals surface area contributed by atoms with Crippen LogP contribution >= 0.6 is 0 Å². The Bertz CT molecular complexity index is 1780. The lowest BCUT2D eigenvalue weighted by Crippen LogP contribution is -2.25. The molecule has 0 aliphatic carbocycles. The molecule has 0 aliphatic rings. The average molecular weight is 546 g/mol. The van der Waals surface area contributed by atoms with Crippen molar-refractivity contribution in [3.63, 3.8) is 0 Å². The normalized spacial score (nSPS) is 11.4. The highest BCUT2D eigenvalue weighted by molar-refractivity contribution is 6.05. The number of carbonyl (C=O) groups excluding carboxylic acids is 1. The van der Waals surface area contributed by atoms with Crippen LogP contribution in [0.25, 0.3) is 28.2 Å². The van der Waals surface area contributed by atoms with Gasteiger partial charge in [-0.2, -0.15) is 13.2 Å². The number of amides is 1. The third kappa shape index (κ3) is 4.94. The van der Waals surface area contributed by atoms with E-state index in [0.29, 0.717) is 22.6 Å². The molecule has 12 heteroatoms. The fourth-order valence-corrected chi connectivity index (χ4v) is 4.23. The molecule has 0 fully saturated rings. The summed E-state index contributed by atoms with van der Waals surface area (Å²) in [5, 5.41) is 2.74. The topological polar surface area (TPSA) is 121 Å². The molecule has 9 nitrogen and oxygen atoms in total. The number of para-hydroxylation sites is 1. The predicted molar refractivity (Wildman–Crippen MR) is 144 cm³/mol. The molecule has 5 rings (SSSR count). The molecule has 0 aliphatic heterocycles. The summed E-state index contributed by atoms with van der Waals surface area (Å²) in [6, 6.07) is 17.7. The van der Waals surface area contributed by atoms with Gasteiger partial charge in [0, 0.05) is 30.1 Å². The van der Waals surface area contributed by atoms with Crippen molar-refractivity contribution in [1.82, 2.24) is 24.3 Å². The van der Waals surface area contributed by atoms with Crippen LogP contribution in [0.2, 0.25) is 0 Å². The monoisotopic (exact) mass is 545 g/mol. The number of nitrogens with one attached hydrogen (secondary N) is 1. The summed E-state index contributed by atoms with van der Waals surface area (Å²) in [7, 11) is 1.70. The fraction of sp³-hybridized carbons (Fsp3) is 0.107. The summed E-state index contributed by atoms with van der Waals surface area (Å²) >= 11 is 0. The molecule has 1 amide bonds. The van der Waals surface area contributed by atoms with Crippen LogP contribution < -0.4 is 16.6 Å². The summed E-state index contributed by atoms with van der Waals surface area (Å²) in [4.78, 5) is 38.1. The zero-order valence-corrected chi connectivity index (χ0v) is 21.3. The van der Waals surface area contributed by atoms with Crippen LogP contribution in [0.15, 0.2) is 83.9 Å². The van der Waals surface area contributed by atoms with E-state index in [-0.39, 0.29) is 28.3 Å². The average Bonchev–Trinajstić information content (AvgIpc) is 3.17. The third-order valence-corrected chi connectivity index (χ3v) is 6.34. The number of rotatable bonds is 5. The second-order valence-corrected chi connectivity index (χ2v) is 8.88. The highest BCUT2D eigenvalue weighted by atomic mass is 19.4. The van der Waals surface area contributed by atoms with E-state index < -0.39 is 23.3 Å². The molecule has 2 aromatic carbocycles. The van der Waals surface area contributed by atoms with Crippen molar-refractivity contribution in [2.45, 2.75) is 13.1 Å². The number of hydrogen-bond acceptors (Lipinski definition) is 6. The maximum atomic E-state index is 13.1. The molecule has 40 heavy (non-hydrogen) atoms. The number of anilines is 2. The van der Waals surface area contributed by atoms with Gasteiger partial charge in [0.15, 0.2) is 0 Å². The van der Waals surface area contributed by atoms with Gasteiger partial charge in [0.2, 0.25) is 0 Å². The van der Waals surface area contributed by atoms with E-state index in [1.54, 1.807) is 67.2 Å². The maximum absolute atomic E-state index is 13.1. The van der Waals surface area contributed by atoms with Gasteiger partial charge in [0.1, 0.15) is 22.8 Å². The van der Waals surface area contributed by atoms with E-state index >= 15 is 0 Å². The first kappa shape index (κ1) is 26.4. The molecule has 0 saturated carbocycles. The molecule has 5 aromatic rings. The van der Waals surface area contributed by atoms with E-state index in [0.717, 1.165) is 12.3 Å². The molecular formula is C28H22F3N7O2. The van der Waals surface area contributed by atoms with Crippen molar-refractivity contribution in [2.75, 3.05) is 11.1 Å². The van der Waals surface area contributed by atoms with Gasteiger partial charge in [-0.05, 0) is 43.3 Å². The summed E-state index contributed by atoms with van der Waals surface area (Å²) < 4.78 is 42.3. The number of nitrogens with zero attached hydrogens (tertiary/aromatic N) is 5. The number of carbonyl (C=O) groups is 1. The zero-order chi connectivity index (χ0) is 28.6. The van der Waals surface area contributed by atoms with Crippen molar-refractivity contribution in [2.24, 2.45) is 7.05 Å². The SMILES string of the molecule is Cc1c(C(=O)Nc2ccc(-c3nc(-c4ccnc(C(F)(F)F)c4)cnc3N)cc2)c(=O)n(-c2ccccc2)n1C. The first-order chi connectivity index (χ1) is 19.0. The number of nitrogen functional groups attached to an aromatic ring is 1. The Labute approximate surface area is 225 Å². The minimum Gasteiger partial charge on any atom is -0.382 e. The number of benzene rings is 2. The molecular weight excluding hydrogens is 523 g/mol. The molecule has 0 spiro atoms. The van der Waals surface area contributed by atoms with E-state index in [9.17, 15) is 22.8 Å². The Balaban J connectivity index is 1.41. The summed E-state index contributed by atoms with van der Waals surface area (Å²) in [6.07, 6.45) is -2.27. The Morgan fingerprint density at radius 3 is 2.35 bits per heavy atom. The largest absolute Gasteiger partial charge is 0.433 e. The lowest BCUT2D eigenvalue weighted by atomic mass is 10.1. The van der Waals surface area contributed by atoms with E-state index in [4.69, 9.17) is 5.73 Å². The number of aromatic nitrogens is 5. The van der Waals surface area contributed by atoms with Crippen LogP contribution in [0.3, 0.4) is 0 Å². The van der Waals surface area contributed by atoms with Gasteiger partial charge in [-0.1, -0.05) is 30.3 Å². The second kappa shape index (κ2) is 10.1. The Kier molecular flexibility index (Phi) is 6.68. The second-order valence-electron chi connectivity index (χ2n) is 8.88. The highest BCUT2D eigenvalue weighted by Crippen LogP contribution is 2.31. The lowest BCUT2D eigenvalue weighted by Gasteiger charge is -2.10. The third-order valence-electron chi connectivity index (χ3n) is 6.34.